The summed E-state index contributed by atoms with van der Waals surface area (Å²) in [7, 11) is 0. The maximum absolute atomic E-state index is 12.1. The van der Waals surface area contributed by atoms with Crippen LogP contribution in [0.4, 0.5) is 0 Å². The Bertz CT molecular complexity index is 316. The third-order valence-corrected chi connectivity index (χ3v) is 2.34. The average Bonchev–Trinajstić information content (AvgIpc) is 2.20. The Kier molecular flexibility index (Phi) is 6.35. The Balaban J connectivity index is 5.23. The fraction of sp³-hybridized carbons (Fsp3) is 0.769. The number of carbonyl (C=O) groups excluding carboxylic acids is 3. The lowest BCUT2D eigenvalue weighted by Crippen LogP contribution is -2.56. The average molecular weight is 258 g/mol. The molecule has 0 spiro atoms. The van der Waals surface area contributed by atoms with Gasteiger partial charge in [0, 0.05) is 0 Å². The second-order valence-electron chi connectivity index (χ2n) is 4.74. The topological polar surface area (TPSA) is 69.7 Å². The molecule has 0 saturated heterocycles. The highest BCUT2D eigenvalue weighted by atomic mass is 16.5. The summed E-state index contributed by atoms with van der Waals surface area (Å²) in [5.74, 6) is -1.87. The van der Waals surface area contributed by atoms with Crippen LogP contribution in [0.1, 0.15) is 41.5 Å². The highest BCUT2D eigenvalue weighted by Gasteiger charge is 2.49. The van der Waals surface area contributed by atoms with Crippen LogP contribution >= 0.6 is 0 Å². The van der Waals surface area contributed by atoms with Gasteiger partial charge in [-0.15, -0.1) is 0 Å². The Morgan fingerprint density at radius 2 is 1.39 bits per heavy atom. The van der Waals surface area contributed by atoms with Crippen LogP contribution in [-0.2, 0) is 23.9 Å². The van der Waals surface area contributed by atoms with Gasteiger partial charge in [-0.1, -0.05) is 0 Å². The molecular weight excluding hydrogens is 236 g/mol. The Morgan fingerprint density at radius 1 is 0.944 bits per heavy atom. The molecule has 0 N–H and O–H groups in total. The number of hydrogen-bond acceptors (Lipinski definition) is 5. The van der Waals surface area contributed by atoms with Crippen molar-refractivity contribution in [3.8, 4) is 0 Å². The minimum Gasteiger partial charge on any atom is -0.371 e. The van der Waals surface area contributed by atoms with Crippen LogP contribution in [0.3, 0.4) is 0 Å². The van der Waals surface area contributed by atoms with Gasteiger partial charge in [-0.25, -0.2) is 0 Å². The molecule has 5 heteroatoms. The lowest BCUT2D eigenvalue weighted by molar-refractivity contribution is -0.171. The highest BCUT2D eigenvalue weighted by molar-refractivity contribution is 6.27. The van der Waals surface area contributed by atoms with E-state index in [4.69, 9.17) is 9.47 Å². The van der Waals surface area contributed by atoms with Gasteiger partial charge in [0.05, 0.1) is 12.2 Å². The van der Waals surface area contributed by atoms with Crippen molar-refractivity contribution in [3.05, 3.63) is 0 Å². The van der Waals surface area contributed by atoms with Gasteiger partial charge in [-0.3, -0.25) is 14.4 Å². The Hall–Kier alpha value is -1.07. The summed E-state index contributed by atoms with van der Waals surface area (Å²) in [4.78, 5) is 35.5. The van der Waals surface area contributed by atoms with Crippen molar-refractivity contribution in [2.24, 2.45) is 0 Å². The molecule has 0 bridgehead atoms. The molecule has 0 amide bonds. The smallest absolute Gasteiger partial charge is 0.244 e. The molecule has 0 heterocycles. The molecule has 0 atom stereocenters. The summed E-state index contributed by atoms with van der Waals surface area (Å²) in [5, 5.41) is 0. The van der Waals surface area contributed by atoms with Crippen molar-refractivity contribution < 1.29 is 23.9 Å². The van der Waals surface area contributed by atoms with E-state index >= 15 is 0 Å². The van der Waals surface area contributed by atoms with Crippen LogP contribution in [0.5, 0.6) is 0 Å². The van der Waals surface area contributed by atoms with E-state index in [0.717, 1.165) is 0 Å². The third kappa shape index (κ3) is 3.99. The minimum absolute atomic E-state index is 0.162. The number of hydrogen-bond donors (Lipinski definition) is 0. The van der Waals surface area contributed by atoms with E-state index in [1.807, 2.05) is 0 Å². The summed E-state index contributed by atoms with van der Waals surface area (Å²) >= 11 is 0. The summed E-state index contributed by atoms with van der Waals surface area (Å²) in [6.07, 6.45) is -0.578. The molecule has 0 rings (SSSR count). The third-order valence-electron chi connectivity index (χ3n) is 2.34. The van der Waals surface area contributed by atoms with Crippen molar-refractivity contribution in [2.45, 2.75) is 59.4 Å². The van der Waals surface area contributed by atoms with Crippen LogP contribution in [0.25, 0.3) is 0 Å². The molecule has 0 aromatic carbocycles. The van der Waals surface area contributed by atoms with Gasteiger partial charge >= 0.3 is 0 Å². The lowest BCUT2D eigenvalue weighted by Gasteiger charge is -2.29. The van der Waals surface area contributed by atoms with Gasteiger partial charge in [0.25, 0.3) is 0 Å². The van der Waals surface area contributed by atoms with Gasteiger partial charge < -0.3 is 9.47 Å². The first-order valence-corrected chi connectivity index (χ1v) is 5.99. The maximum atomic E-state index is 12.1. The first-order chi connectivity index (χ1) is 8.14. The monoisotopic (exact) mass is 258 g/mol. The van der Waals surface area contributed by atoms with Gasteiger partial charge in [-0.2, -0.15) is 0 Å². The summed E-state index contributed by atoms with van der Waals surface area (Å²) in [6.45, 7) is 8.89. The molecule has 104 valence electrons. The summed E-state index contributed by atoms with van der Waals surface area (Å²) in [6, 6.07) is 0. The number of ketones is 3. The molecule has 0 aliphatic rings. The highest BCUT2D eigenvalue weighted by Crippen LogP contribution is 2.19. The molecule has 5 nitrogen and oxygen atoms in total. The van der Waals surface area contributed by atoms with E-state index in [1.54, 1.807) is 27.7 Å². The van der Waals surface area contributed by atoms with Crippen molar-refractivity contribution in [1.29, 1.82) is 0 Å². The van der Waals surface area contributed by atoms with E-state index in [2.05, 4.69) is 0 Å². The second-order valence-corrected chi connectivity index (χ2v) is 4.74. The van der Waals surface area contributed by atoms with Crippen molar-refractivity contribution in [2.75, 3.05) is 6.61 Å². The SMILES string of the molecule is CC(=O)C(OC(C)C)(C(C)=O)C(=O)COC(C)C. The second kappa shape index (κ2) is 6.75. The Labute approximate surface area is 108 Å². The predicted octanol–water partition coefficient (Wildman–Crippen LogP) is 1.32. The lowest BCUT2D eigenvalue weighted by atomic mass is 9.89. The first-order valence-electron chi connectivity index (χ1n) is 5.99. The van der Waals surface area contributed by atoms with Gasteiger partial charge in [0.1, 0.15) is 6.61 Å². The Morgan fingerprint density at radius 3 is 1.67 bits per heavy atom. The molecule has 0 aromatic heterocycles. The van der Waals surface area contributed by atoms with Gasteiger partial charge in [0.2, 0.25) is 11.4 Å². The van der Waals surface area contributed by atoms with Crippen LogP contribution in [0, 0.1) is 0 Å². The van der Waals surface area contributed by atoms with Crippen molar-refractivity contribution >= 4 is 17.3 Å². The first kappa shape index (κ1) is 16.9. The van der Waals surface area contributed by atoms with Crippen LogP contribution in [-0.4, -0.2) is 41.8 Å². The van der Waals surface area contributed by atoms with E-state index in [-0.39, 0.29) is 12.7 Å². The van der Waals surface area contributed by atoms with E-state index < -0.39 is 29.1 Å². The van der Waals surface area contributed by atoms with E-state index in [9.17, 15) is 14.4 Å². The van der Waals surface area contributed by atoms with Crippen LogP contribution in [0.2, 0.25) is 0 Å². The largest absolute Gasteiger partial charge is 0.371 e. The molecule has 18 heavy (non-hydrogen) atoms. The molecule has 0 saturated carbocycles. The van der Waals surface area contributed by atoms with Gasteiger partial charge in [0.15, 0.2) is 11.6 Å². The minimum atomic E-state index is -2.02. The zero-order valence-corrected chi connectivity index (χ0v) is 11.9. The summed E-state index contributed by atoms with van der Waals surface area (Å²) < 4.78 is 10.5. The fourth-order valence-corrected chi connectivity index (χ4v) is 1.57. The maximum Gasteiger partial charge on any atom is 0.244 e. The molecule has 0 aromatic rings. The molecule has 0 aliphatic heterocycles. The summed E-state index contributed by atoms with van der Waals surface area (Å²) in [5.41, 5.74) is -2.02. The predicted molar refractivity (Wildman–Crippen MR) is 66.4 cm³/mol. The molecule has 0 fully saturated rings. The normalized spacial score (nSPS) is 12.0. The van der Waals surface area contributed by atoms with Crippen LogP contribution in [0.15, 0.2) is 0 Å². The molecule has 0 aliphatic carbocycles. The van der Waals surface area contributed by atoms with Gasteiger partial charge in [-0.05, 0) is 41.5 Å². The van der Waals surface area contributed by atoms with Crippen molar-refractivity contribution in [1.82, 2.24) is 0 Å². The zero-order valence-electron chi connectivity index (χ0n) is 11.9. The van der Waals surface area contributed by atoms with Crippen LogP contribution < -0.4 is 0 Å². The quantitative estimate of drug-likeness (QED) is 0.614. The number of Topliss-reactive ketones (excluding diaryl/α,β-unsaturated/α-hetero) is 3. The number of carbonyl (C=O) groups is 3. The molecule has 0 unspecified atom stereocenters. The number of rotatable bonds is 8. The fourth-order valence-electron chi connectivity index (χ4n) is 1.57. The molecular formula is C13H22O5. The van der Waals surface area contributed by atoms with E-state index in [0.29, 0.717) is 0 Å². The van der Waals surface area contributed by atoms with E-state index in [1.165, 1.54) is 13.8 Å². The molecule has 0 radical (unpaired) electrons. The standard InChI is InChI=1S/C13H22O5/c1-8(2)17-7-12(16)13(10(5)14,11(6)15)18-9(3)4/h8-9H,7H2,1-6H3. The number of ether oxygens (including phenoxy) is 2. The van der Waals surface area contributed by atoms with Crippen molar-refractivity contribution in [3.63, 3.8) is 0 Å². The zero-order chi connectivity index (χ0) is 14.5.